The number of aromatic amines is 2. The Balaban J connectivity index is 3.56. The van der Waals surface area contributed by atoms with Crippen LogP contribution in [0.15, 0.2) is 14.1 Å². The van der Waals surface area contributed by atoms with Crippen LogP contribution in [0, 0.1) is 0 Å². The standard InChI is InChI=1S/C7H10BrN3O2/c1-7(2,9)4-3(8)5(12)11-6(13)10-4/h9H2,1-2H3,(H2,10,11,12,13). The van der Waals surface area contributed by atoms with Crippen molar-refractivity contribution in [3.8, 4) is 0 Å². The van der Waals surface area contributed by atoms with E-state index in [1.165, 1.54) is 0 Å². The minimum absolute atomic E-state index is 0.264. The van der Waals surface area contributed by atoms with Crippen LogP contribution in [-0.4, -0.2) is 9.97 Å². The van der Waals surface area contributed by atoms with Crippen LogP contribution in [0.25, 0.3) is 0 Å². The molecule has 0 fully saturated rings. The lowest BCUT2D eigenvalue weighted by Crippen LogP contribution is -2.36. The van der Waals surface area contributed by atoms with E-state index in [4.69, 9.17) is 5.73 Å². The predicted octanol–water partition coefficient (Wildman–Crippen LogP) is 0.0195. The zero-order valence-electron chi connectivity index (χ0n) is 7.27. The highest BCUT2D eigenvalue weighted by atomic mass is 79.9. The lowest BCUT2D eigenvalue weighted by molar-refractivity contribution is 0.526. The van der Waals surface area contributed by atoms with Crippen molar-refractivity contribution in [1.29, 1.82) is 0 Å². The molecule has 1 rings (SSSR count). The molecule has 0 radical (unpaired) electrons. The van der Waals surface area contributed by atoms with Crippen molar-refractivity contribution < 1.29 is 0 Å². The summed E-state index contributed by atoms with van der Waals surface area (Å²) in [5.41, 5.74) is 4.35. The third-order valence-electron chi connectivity index (χ3n) is 1.53. The monoisotopic (exact) mass is 247 g/mol. The summed E-state index contributed by atoms with van der Waals surface area (Å²) in [6, 6.07) is 0. The Hall–Kier alpha value is -0.880. The molecule has 0 bridgehead atoms. The van der Waals surface area contributed by atoms with Crippen LogP contribution in [0.5, 0.6) is 0 Å². The molecule has 0 saturated carbocycles. The second-order valence-corrected chi connectivity index (χ2v) is 4.11. The first kappa shape index (κ1) is 10.2. The van der Waals surface area contributed by atoms with Gasteiger partial charge in [0.05, 0.1) is 11.2 Å². The van der Waals surface area contributed by atoms with Gasteiger partial charge in [-0.25, -0.2) is 4.79 Å². The smallest absolute Gasteiger partial charge is 0.321 e. The molecular weight excluding hydrogens is 238 g/mol. The van der Waals surface area contributed by atoms with E-state index in [1.54, 1.807) is 13.8 Å². The van der Waals surface area contributed by atoms with Gasteiger partial charge in [0.15, 0.2) is 0 Å². The van der Waals surface area contributed by atoms with Gasteiger partial charge < -0.3 is 10.7 Å². The van der Waals surface area contributed by atoms with Gasteiger partial charge in [-0.2, -0.15) is 0 Å². The van der Waals surface area contributed by atoms with Crippen LogP contribution < -0.4 is 17.0 Å². The molecule has 5 nitrogen and oxygen atoms in total. The number of H-pyrrole nitrogens is 2. The first-order valence-electron chi connectivity index (χ1n) is 3.64. The molecule has 0 atom stereocenters. The van der Waals surface area contributed by atoms with Crippen molar-refractivity contribution in [2.75, 3.05) is 0 Å². The molecule has 0 aliphatic heterocycles. The van der Waals surface area contributed by atoms with E-state index in [-0.39, 0.29) is 4.47 Å². The molecule has 13 heavy (non-hydrogen) atoms. The van der Waals surface area contributed by atoms with Gasteiger partial charge in [0, 0.05) is 0 Å². The summed E-state index contributed by atoms with van der Waals surface area (Å²) in [5, 5.41) is 0. The fourth-order valence-electron chi connectivity index (χ4n) is 0.915. The van der Waals surface area contributed by atoms with Gasteiger partial charge >= 0.3 is 5.69 Å². The minimum atomic E-state index is -0.758. The summed E-state index contributed by atoms with van der Waals surface area (Å²) in [7, 11) is 0. The Morgan fingerprint density at radius 3 is 2.31 bits per heavy atom. The Morgan fingerprint density at radius 1 is 1.31 bits per heavy atom. The topological polar surface area (TPSA) is 91.7 Å². The van der Waals surface area contributed by atoms with Crippen molar-refractivity contribution >= 4 is 15.9 Å². The highest BCUT2D eigenvalue weighted by molar-refractivity contribution is 9.10. The van der Waals surface area contributed by atoms with E-state index in [0.29, 0.717) is 5.69 Å². The second kappa shape index (κ2) is 3.12. The van der Waals surface area contributed by atoms with Crippen molar-refractivity contribution in [3.63, 3.8) is 0 Å². The molecule has 0 spiro atoms. The number of hydrogen-bond donors (Lipinski definition) is 3. The SMILES string of the molecule is CC(C)(N)c1[nH]c(=O)[nH]c(=O)c1Br. The highest BCUT2D eigenvalue weighted by Gasteiger charge is 2.20. The maximum absolute atomic E-state index is 11.1. The van der Waals surface area contributed by atoms with Crippen LogP contribution in [0.2, 0.25) is 0 Å². The predicted molar refractivity (Wildman–Crippen MR) is 52.6 cm³/mol. The number of halogens is 1. The quantitative estimate of drug-likeness (QED) is 0.654. The summed E-state index contributed by atoms with van der Waals surface area (Å²) < 4.78 is 0.264. The van der Waals surface area contributed by atoms with Gasteiger partial charge in [-0.15, -0.1) is 0 Å². The van der Waals surface area contributed by atoms with Crippen LogP contribution in [0.4, 0.5) is 0 Å². The number of nitrogens with two attached hydrogens (primary N) is 1. The van der Waals surface area contributed by atoms with Gasteiger partial charge in [0.1, 0.15) is 4.47 Å². The number of hydrogen-bond acceptors (Lipinski definition) is 3. The van der Waals surface area contributed by atoms with Gasteiger partial charge in [-0.05, 0) is 29.8 Å². The van der Waals surface area contributed by atoms with Crippen molar-refractivity contribution in [2.24, 2.45) is 5.73 Å². The Labute approximate surface area is 82.5 Å². The molecule has 0 saturated heterocycles. The lowest BCUT2D eigenvalue weighted by atomic mass is 10.0. The van der Waals surface area contributed by atoms with Gasteiger partial charge in [0.2, 0.25) is 0 Å². The van der Waals surface area contributed by atoms with E-state index in [9.17, 15) is 9.59 Å². The number of rotatable bonds is 1. The molecule has 1 aromatic rings. The molecule has 0 aliphatic rings. The van der Waals surface area contributed by atoms with Crippen molar-refractivity contribution in [2.45, 2.75) is 19.4 Å². The van der Waals surface area contributed by atoms with Crippen LogP contribution in [0.3, 0.4) is 0 Å². The summed E-state index contributed by atoms with van der Waals surface area (Å²) in [6.45, 7) is 3.39. The lowest BCUT2D eigenvalue weighted by Gasteiger charge is -2.18. The first-order chi connectivity index (χ1) is 5.82. The molecule has 0 aromatic carbocycles. The van der Waals surface area contributed by atoms with E-state index in [2.05, 4.69) is 25.9 Å². The van der Waals surface area contributed by atoms with E-state index in [0.717, 1.165) is 0 Å². The van der Waals surface area contributed by atoms with E-state index < -0.39 is 16.8 Å². The Kier molecular flexibility index (Phi) is 2.44. The van der Waals surface area contributed by atoms with Gasteiger partial charge in [-0.3, -0.25) is 9.78 Å². The molecule has 6 heteroatoms. The summed E-state index contributed by atoms with van der Waals surface area (Å²) in [5.74, 6) is 0. The van der Waals surface area contributed by atoms with E-state index >= 15 is 0 Å². The zero-order valence-corrected chi connectivity index (χ0v) is 8.86. The fourth-order valence-corrected chi connectivity index (χ4v) is 1.62. The summed E-state index contributed by atoms with van der Waals surface area (Å²) in [4.78, 5) is 26.6. The number of nitrogens with one attached hydrogen (secondary N) is 2. The Bertz CT molecular complexity index is 427. The Morgan fingerprint density at radius 2 is 1.85 bits per heavy atom. The van der Waals surface area contributed by atoms with Gasteiger partial charge in [0.25, 0.3) is 5.56 Å². The molecule has 0 aliphatic carbocycles. The minimum Gasteiger partial charge on any atom is -0.321 e. The average Bonchev–Trinajstić information content (AvgIpc) is 1.94. The largest absolute Gasteiger partial charge is 0.326 e. The molecular formula is C7H10BrN3O2. The maximum Gasteiger partial charge on any atom is 0.326 e. The molecule has 0 unspecified atom stereocenters. The number of aromatic nitrogens is 2. The third kappa shape index (κ3) is 2.07. The van der Waals surface area contributed by atoms with E-state index in [1.807, 2.05) is 0 Å². The fraction of sp³-hybridized carbons (Fsp3) is 0.429. The molecule has 4 N–H and O–H groups in total. The van der Waals surface area contributed by atoms with Gasteiger partial charge in [-0.1, -0.05) is 0 Å². The normalized spacial score (nSPS) is 11.7. The second-order valence-electron chi connectivity index (χ2n) is 3.32. The van der Waals surface area contributed by atoms with Crippen LogP contribution in [-0.2, 0) is 5.54 Å². The molecule has 1 aromatic heterocycles. The van der Waals surface area contributed by atoms with Crippen molar-refractivity contribution in [1.82, 2.24) is 9.97 Å². The molecule has 1 heterocycles. The molecule has 0 amide bonds. The van der Waals surface area contributed by atoms with Crippen molar-refractivity contribution in [3.05, 3.63) is 31.0 Å². The maximum atomic E-state index is 11.1. The van der Waals surface area contributed by atoms with Crippen LogP contribution >= 0.6 is 15.9 Å². The highest BCUT2D eigenvalue weighted by Crippen LogP contribution is 2.18. The third-order valence-corrected chi connectivity index (χ3v) is 2.29. The summed E-state index contributed by atoms with van der Waals surface area (Å²) in [6.07, 6.45) is 0. The van der Waals surface area contributed by atoms with Crippen LogP contribution in [0.1, 0.15) is 19.5 Å². The first-order valence-corrected chi connectivity index (χ1v) is 4.43. The summed E-state index contributed by atoms with van der Waals surface area (Å²) >= 11 is 3.06. The zero-order chi connectivity index (χ0) is 10.2. The molecule has 72 valence electrons. The average molecular weight is 248 g/mol.